The first-order valence-electron chi connectivity index (χ1n) is 4.95. The third-order valence-electron chi connectivity index (χ3n) is 2.04. The Morgan fingerprint density at radius 3 is 3.07 bits per heavy atom. The van der Waals surface area contributed by atoms with Gasteiger partial charge in [0.2, 0.25) is 0 Å². The maximum Gasteiger partial charge on any atom is 0.0597 e. The van der Waals surface area contributed by atoms with Crippen LogP contribution in [0.15, 0.2) is 6.07 Å². The van der Waals surface area contributed by atoms with Crippen molar-refractivity contribution in [3.63, 3.8) is 0 Å². The van der Waals surface area contributed by atoms with Gasteiger partial charge in [-0.1, -0.05) is 0 Å². The fourth-order valence-electron chi connectivity index (χ4n) is 1.39. The monoisotopic (exact) mass is 191 g/mol. The van der Waals surface area contributed by atoms with Crippen molar-refractivity contribution in [1.29, 1.82) is 0 Å². The highest BCUT2D eigenvalue weighted by molar-refractivity contribution is 5.08. The SMILES string of the molecule is C#CCCNCc1cc(C)nn1CC. The van der Waals surface area contributed by atoms with E-state index in [0.717, 1.165) is 31.7 Å². The summed E-state index contributed by atoms with van der Waals surface area (Å²) in [5.74, 6) is 2.60. The largest absolute Gasteiger partial charge is 0.310 e. The standard InChI is InChI=1S/C11H17N3/c1-4-6-7-12-9-11-8-10(3)13-14(11)5-2/h1,8,12H,5-7,9H2,2-3H3. The van der Waals surface area contributed by atoms with Gasteiger partial charge in [0.05, 0.1) is 11.4 Å². The van der Waals surface area contributed by atoms with E-state index >= 15 is 0 Å². The van der Waals surface area contributed by atoms with E-state index in [4.69, 9.17) is 6.42 Å². The van der Waals surface area contributed by atoms with Gasteiger partial charge in [0, 0.05) is 26.1 Å². The van der Waals surface area contributed by atoms with Gasteiger partial charge in [-0.2, -0.15) is 5.10 Å². The van der Waals surface area contributed by atoms with Crippen molar-refractivity contribution < 1.29 is 0 Å². The molecule has 1 heterocycles. The summed E-state index contributed by atoms with van der Waals surface area (Å²) in [5.41, 5.74) is 2.29. The Kier molecular flexibility index (Phi) is 4.21. The Labute approximate surface area is 85.5 Å². The van der Waals surface area contributed by atoms with Crippen LogP contribution in [0, 0.1) is 19.3 Å². The van der Waals surface area contributed by atoms with Crippen LogP contribution in [0.4, 0.5) is 0 Å². The van der Waals surface area contributed by atoms with Crippen molar-refractivity contribution in [2.24, 2.45) is 0 Å². The average Bonchev–Trinajstić information content (AvgIpc) is 2.54. The molecule has 0 fully saturated rings. The Hall–Kier alpha value is -1.27. The van der Waals surface area contributed by atoms with Crippen molar-refractivity contribution in [1.82, 2.24) is 15.1 Å². The summed E-state index contributed by atoms with van der Waals surface area (Å²) in [7, 11) is 0. The van der Waals surface area contributed by atoms with Crippen LogP contribution in [-0.2, 0) is 13.1 Å². The molecule has 76 valence electrons. The molecule has 0 aliphatic carbocycles. The van der Waals surface area contributed by atoms with Crippen LogP contribution in [0.25, 0.3) is 0 Å². The summed E-state index contributed by atoms with van der Waals surface area (Å²) in [6.07, 6.45) is 5.94. The van der Waals surface area contributed by atoms with Crippen LogP contribution in [-0.4, -0.2) is 16.3 Å². The van der Waals surface area contributed by atoms with Crippen LogP contribution < -0.4 is 5.32 Å². The summed E-state index contributed by atoms with van der Waals surface area (Å²) in [6.45, 7) is 6.73. The number of hydrogen-bond acceptors (Lipinski definition) is 2. The van der Waals surface area contributed by atoms with Gasteiger partial charge in [-0.25, -0.2) is 0 Å². The number of rotatable bonds is 5. The van der Waals surface area contributed by atoms with Crippen molar-refractivity contribution in [2.75, 3.05) is 6.54 Å². The minimum Gasteiger partial charge on any atom is -0.310 e. The highest BCUT2D eigenvalue weighted by Crippen LogP contribution is 2.02. The molecule has 0 amide bonds. The molecule has 3 heteroatoms. The third kappa shape index (κ3) is 2.90. The molecule has 3 nitrogen and oxygen atoms in total. The molecule has 1 aromatic rings. The van der Waals surface area contributed by atoms with E-state index in [1.54, 1.807) is 0 Å². The van der Waals surface area contributed by atoms with E-state index in [0.29, 0.717) is 0 Å². The van der Waals surface area contributed by atoms with Crippen LogP contribution in [0.1, 0.15) is 24.7 Å². The van der Waals surface area contributed by atoms with Gasteiger partial charge in [-0.05, 0) is 19.9 Å². The van der Waals surface area contributed by atoms with Crippen LogP contribution in [0.5, 0.6) is 0 Å². The first-order valence-corrected chi connectivity index (χ1v) is 4.95. The van der Waals surface area contributed by atoms with Gasteiger partial charge in [-0.15, -0.1) is 12.3 Å². The summed E-state index contributed by atoms with van der Waals surface area (Å²) in [5, 5.41) is 7.65. The van der Waals surface area contributed by atoms with E-state index in [2.05, 4.69) is 29.3 Å². The molecule has 0 saturated heterocycles. The van der Waals surface area contributed by atoms with Gasteiger partial charge in [0.15, 0.2) is 0 Å². The first kappa shape index (κ1) is 10.8. The Morgan fingerprint density at radius 2 is 2.43 bits per heavy atom. The van der Waals surface area contributed by atoms with Gasteiger partial charge in [0.1, 0.15) is 0 Å². The molecule has 0 saturated carbocycles. The molecular weight excluding hydrogens is 174 g/mol. The third-order valence-corrected chi connectivity index (χ3v) is 2.04. The van der Waals surface area contributed by atoms with Crippen LogP contribution in [0.3, 0.4) is 0 Å². The molecule has 14 heavy (non-hydrogen) atoms. The zero-order valence-corrected chi connectivity index (χ0v) is 8.88. The van der Waals surface area contributed by atoms with Crippen LogP contribution in [0.2, 0.25) is 0 Å². The maximum absolute atomic E-state index is 5.16. The molecule has 1 N–H and O–H groups in total. The van der Waals surface area contributed by atoms with E-state index < -0.39 is 0 Å². The number of aromatic nitrogens is 2. The lowest BCUT2D eigenvalue weighted by Gasteiger charge is -2.04. The number of nitrogens with one attached hydrogen (secondary N) is 1. The predicted octanol–water partition coefficient (Wildman–Crippen LogP) is 1.32. The summed E-state index contributed by atoms with van der Waals surface area (Å²) in [4.78, 5) is 0. The highest BCUT2D eigenvalue weighted by atomic mass is 15.3. The molecule has 0 atom stereocenters. The smallest absolute Gasteiger partial charge is 0.0597 e. The zero-order valence-electron chi connectivity index (χ0n) is 8.88. The maximum atomic E-state index is 5.16. The van der Waals surface area contributed by atoms with E-state index in [1.807, 2.05) is 11.6 Å². The minimum absolute atomic E-state index is 0.777. The first-order chi connectivity index (χ1) is 6.77. The lowest BCUT2D eigenvalue weighted by molar-refractivity contribution is 0.582. The predicted molar refractivity (Wildman–Crippen MR) is 57.8 cm³/mol. The fourth-order valence-corrected chi connectivity index (χ4v) is 1.39. The van der Waals surface area contributed by atoms with Gasteiger partial charge in [-0.3, -0.25) is 4.68 Å². The van der Waals surface area contributed by atoms with Gasteiger partial charge < -0.3 is 5.32 Å². The number of terminal acetylenes is 1. The molecule has 0 aliphatic heterocycles. The van der Waals surface area contributed by atoms with E-state index in [9.17, 15) is 0 Å². The number of aryl methyl sites for hydroxylation is 2. The molecule has 0 unspecified atom stereocenters. The van der Waals surface area contributed by atoms with Crippen molar-refractivity contribution in [2.45, 2.75) is 33.4 Å². The molecule has 0 radical (unpaired) electrons. The molecule has 1 rings (SSSR count). The Balaban J connectivity index is 2.45. The second-order valence-electron chi connectivity index (χ2n) is 3.22. The second-order valence-corrected chi connectivity index (χ2v) is 3.22. The number of nitrogens with zero attached hydrogens (tertiary/aromatic N) is 2. The Morgan fingerprint density at radius 1 is 1.64 bits per heavy atom. The summed E-state index contributed by atoms with van der Waals surface area (Å²) < 4.78 is 2.01. The second kappa shape index (κ2) is 5.46. The van der Waals surface area contributed by atoms with E-state index in [-0.39, 0.29) is 0 Å². The van der Waals surface area contributed by atoms with Crippen molar-refractivity contribution >= 4 is 0 Å². The topological polar surface area (TPSA) is 29.9 Å². The fraction of sp³-hybridized carbons (Fsp3) is 0.545. The quantitative estimate of drug-likeness (QED) is 0.562. The highest BCUT2D eigenvalue weighted by Gasteiger charge is 2.02. The molecular formula is C11H17N3. The lowest BCUT2D eigenvalue weighted by Crippen LogP contribution is -2.17. The molecule has 0 aromatic carbocycles. The van der Waals surface area contributed by atoms with Crippen LogP contribution >= 0.6 is 0 Å². The Bertz CT molecular complexity index is 320. The zero-order chi connectivity index (χ0) is 10.4. The lowest BCUT2D eigenvalue weighted by atomic mass is 10.3. The van der Waals surface area contributed by atoms with Gasteiger partial charge >= 0.3 is 0 Å². The average molecular weight is 191 g/mol. The van der Waals surface area contributed by atoms with E-state index in [1.165, 1.54) is 5.69 Å². The minimum atomic E-state index is 0.777. The summed E-state index contributed by atoms with van der Waals surface area (Å²) >= 11 is 0. The molecule has 1 aromatic heterocycles. The normalized spacial score (nSPS) is 10.1. The van der Waals surface area contributed by atoms with Crippen molar-refractivity contribution in [3.8, 4) is 12.3 Å². The number of hydrogen-bond donors (Lipinski definition) is 1. The molecule has 0 aliphatic rings. The molecule has 0 spiro atoms. The molecule has 0 bridgehead atoms. The van der Waals surface area contributed by atoms with Gasteiger partial charge in [0.25, 0.3) is 0 Å². The van der Waals surface area contributed by atoms with Crippen molar-refractivity contribution in [3.05, 3.63) is 17.5 Å². The summed E-state index contributed by atoms with van der Waals surface area (Å²) in [6, 6.07) is 2.10.